The first kappa shape index (κ1) is 10.8. The maximum absolute atomic E-state index is 11.4. The van der Waals surface area contributed by atoms with Crippen molar-refractivity contribution in [3.05, 3.63) is 0 Å². The minimum atomic E-state index is -1.10. The van der Waals surface area contributed by atoms with E-state index in [9.17, 15) is 9.59 Å². The Balaban J connectivity index is 4.40. The van der Waals surface area contributed by atoms with Crippen molar-refractivity contribution in [3.8, 4) is 0 Å². The van der Waals surface area contributed by atoms with Crippen LogP contribution >= 0.6 is 0 Å². The van der Waals surface area contributed by atoms with Crippen molar-refractivity contribution >= 4 is 12.1 Å². The van der Waals surface area contributed by atoms with Gasteiger partial charge in [-0.15, -0.1) is 0 Å². The van der Waals surface area contributed by atoms with Gasteiger partial charge in [-0.05, 0) is 27.7 Å². The third-order valence-electron chi connectivity index (χ3n) is 1.59. The number of carbonyl (C=O) groups is 2. The molecule has 0 aliphatic carbocycles. The number of aliphatic carboxylic acids is 1. The molecular weight excluding hydrogens is 186 g/mol. The zero-order valence-corrected chi connectivity index (χ0v) is 8.90. The van der Waals surface area contributed by atoms with Crippen LogP contribution in [0.4, 0.5) is 4.79 Å². The number of rotatable bonds is 2. The van der Waals surface area contributed by atoms with Crippen molar-refractivity contribution in [2.75, 3.05) is 7.05 Å². The molecule has 0 aromatic heterocycles. The summed E-state index contributed by atoms with van der Waals surface area (Å²) in [5, 5.41) is 8.67. The third-order valence-corrected chi connectivity index (χ3v) is 1.59. The quantitative estimate of drug-likeness (QED) is 0.736. The summed E-state index contributed by atoms with van der Waals surface area (Å²) >= 11 is 0. The summed E-state index contributed by atoms with van der Waals surface area (Å²) < 4.78 is 12.1. The second-order valence-electron chi connectivity index (χ2n) is 3.75. The van der Waals surface area contributed by atoms with E-state index in [0.717, 1.165) is 4.90 Å². The number of carbonyl (C=O) groups excluding carboxylic acids is 1. The molecule has 0 spiro atoms. The Bertz CT molecular complexity index is 254. The van der Waals surface area contributed by atoms with Gasteiger partial charge in [0, 0.05) is 8.42 Å². The predicted octanol–water partition coefficient (Wildman–Crippen LogP) is 1.33. The Hall–Kier alpha value is -1.26. The van der Waals surface area contributed by atoms with Crippen molar-refractivity contribution in [2.24, 2.45) is 0 Å². The van der Waals surface area contributed by atoms with Gasteiger partial charge >= 0.3 is 12.1 Å². The van der Waals surface area contributed by atoms with Crippen LogP contribution in [-0.4, -0.2) is 40.8 Å². The van der Waals surface area contributed by atoms with Gasteiger partial charge in [0.25, 0.3) is 0 Å². The van der Waals surface area contributed by atoms with E-state index in [2.05, 4.69) is 0 Å². The highest BCUT2D eigenvalue weighted by atomic mass is 16.6. The lowest BCUT2D eigenvalue weighted by Crippen LogP contribution is -2.43. The van der Waals surface area contributed by atoms with E-state index < -0.39 is 23.7 Å². The SMILES string of the molecule is [2H]CC(C)(C)OC(=O)N(C)[C@@H](C)C(=O)O. The number of likely N-dealkylation sites (N-methyl/N-ethyl adjacent to an activating group) is 1. The summed E-state index contributed by atoms with van der Waals surface area (Å²) in [4.78, 5) is 23.0. The zero-order chi connectivity index (χ0) is 12.2. The number of nitrogens with zero attached hydrogens (tertiary/aromatic N) is 1. The Morgan fingerprint density at radius 1 is 1.57 bits per heavy atom. The van der Waals surface area contributed by atoms with Crippen LogP contribution in [0.2, 0.25) is 0 Å². The molecule has 1 amide bonds. The van der Waals surface area contributed by atoms with Crippen molar-refractivity contribution in [3.63, 3.8) is 0 Å². The number of hydrogen-bond donors (Lipinski definition) is 1. The Kier molecular flexibility index (Phi) is 3.33. The second-order valence-corrected chi connectivity index (χ2v) is 3.75. The second kappa shape index (κ2) is 4.30. The van der Waals surface area contributed by atoms with Crippen LogP contribution < -0.4 is 0 Å². The monoisotopic (exact) mass is 204 g/mol. The molecule has 1 N–H and O–H groups in total. The molecule has 0 aromatic carbocycles. The summed E-state index contributed by atoms with van der Waals surface area (Å²) in [5.74, 6) is -1.10. The lowest BCUT2D eigenvalue weighted by atomic mass is 10.2. The fourth-order valence-corrected chi connectivity index (χ4v) is 0.632. The molecule has 0 bridgehead atoms. The topological polar surface area (TPSA) is 66.8 Å². The van der Waals surface area contributed by atoms with Gasteiger partial charge in [-0.3, -0.25) is 4.90 Å². The van der Waals surface area contributed by atoms with E-state index in [4.69, 9.17) is 11.2 Å². The Morgan fingerprint density at radius 2 is 2.07 bits per heavy atom. The summed E-state index contributed by atoms with van der Waals surface area (Å²) in [6.07, 6.45) is -0.734. The first-order chi connectivity index (χ1) is 6.71. The molecule has 82 valence electrons. The van der Waals surface area contributed by atoms with Crippen molar-refractivity contribution in [2.45, 2.75) is 39.3 Å². The highest BCUT2D eigenvalue weighted by Crippen LogP contribution is 2.10. The van der Waals surface area contributed by atoms with Gasteiger partial charge in [0.05, 0.1) is 0 Å². The molecule has 14 heavy (non-hydrogen) atoms. The van der Waals surface area contributed by atoms with Gasteiger partial charge in [0.2, 0.25) is 0 Å². The van der Waals surface area contributed by atoms with Crippen molar-refractivity contribution in [1.29, 1.82) is 0 Å². The van der Waals surface area contributed by atoms with Crippen LogP contribution in [0.15, 0.2) is 0 Å². The fraction of sp³-hybridized carbons (Fsp3) is 0.778. The molecule has 0 fully saturated rings. The smallest absolute Gasteiger partial charge is 0.410 e. The average Bonchev–Trinajstić information content (AvgIpc) is 2.14. The highest BCUT2D eigenvalue weighted by molar-refractivity contribution is 5.79. The van der Waals surface area contributed by atoms with Crippen molar-refractivity contribution in [1.82, 2.24) is 4.90 Å². The van der Waals surface area contributed by atoms with Gasteiger partial charge in [0.1, 0.15) is 11.6 Å². The van der Waals surface area contributed by atoms with Gasteiger partial charge in [-0.2, -0.15) is 0 Å². The molecule has 0 aromatic rings. The molecule has 0 aliphatic heterocycles. The molecule has 0 aliphatic rings. The average molecular weight is 204 g/mol. The van der Waals surface area contributed by atoms with Crippen LogP contribution in [0.3, 0.4) is 0 Å². The maximum Gasteiger partial charge on any atom is 0.410 e. The molecule has 0 saturated heterocycles. The van der Waals surface area contributed by atoms with Crippen LogP contribution in [-0.2, 0) is 9.53 Å². The van der Waals surface area contributed by atoms with Gasteiger partial charge in [-0.1, -0.05) is 0 Å². The Labute approximate surface area is 85.1 Å². The number of carboxylic acid groups (broad SMARTS) is 1. The number of carboxylic acids is 1. The molecule has 0 heterocycles. The third kappa shape index (κ3) is 4.11. The van der Waals surface area contributed by atoms with Gasteiger partial charge < -0.3 is 9.84 Å². The predicted molar refractivity (Wildman–Crippen MR) is 51.1 cm³/mol. The van der Waals surface area contributed by atoms with E-state index >= 15 is 0 Å². The largest absolute Gasteiger partial charge is 0.480 e. The van der Waals surface area contributed by atoms with E-state index in [1.165, 1.54) is 14.0 Å². The summed E-state index contributed by atoms with van der Waals surface area (Å²) in [5.41, 5.74) is -0.899. The van der Waals surface area contributed by atoms with E-state index in [1.807, 2.05) is 0 Å². The van der Waals surface area contributed by atoms with Crippen LogP contribution in [0, 0.1) is 0 Å². The molecule has 0 radical (unpaired) electrons. The Morgan fingerprint density at radius 3 is 2.43 bits per heavy atom. The normalized spacial score (nSPS) is 14.1. The summed E-state index contributed by atoms with van der Waals surface area (Å²) in [7, 11) is 1.35. The molecule has 0 saturated carbocycles. The molecule has 5 heteroatoms. The first-order valence-electron chi connectivity index (χ1n) is 4.90. The maximum atomic E-state index is 11.4. The number of hydrogen-bond acceptors (Lipinski definition) is 3. The van der Waals surface area contributed by atoms with E-state index in [0.29, 0.717) is 0 Å². The van der Waals surface area contributed by atoms with Gasteiger partial charge in [0.15, 0.2) is 0 Å². The fourth-order valence-electron chi connectivity index (χ4n) is 0.632. The van der Waals surface area contributed by atoms with E-state index in [1.54, 1.807) is 13.8 Å². The van der Waals surface area contributed by atoms with Gasteiger partial charge in [-0.25, -0.2) is 9.59 Å². The summed E-state index contributed by atoms with van der Waals surface area (Å²) in [6, 6.07) is -0.945. The standard InChI is InChI=1S/C9H17NO4/c1-6(7(11)12)10(5)8(13)14-9(2,3)4/h6H,1-5H3,(H,11,12)/t6-/m0/s1/i2D. The number of amides is 1. The minimum Gasteiger partial charge on any atom is -0.480 e. The number of ether oxygens (including phenoxy) is 1. The van der Waals surface area contributed by atoms with Crippen LogP contribution in [0.25, 0.3) is 0 Å². The lowest BCUT2D eigenvalue weighted by molar-refractivity contribution is -0.141. The zero-order valence-electron chi connectivity index (χ0n) is 9.90. The molecular formula is C9H17NO4. The molecule has 0 unspecified atom stereocenters. The molecule has 1 atom stereocenters. The summed E-state index contributed by atoms with van der Waals surface area (Å²) in [6.45, 7) is 4.50. The lowest BCUT2D eigenvalue weighted by Gasteiger charge is -2.26. The molecule has 0 rings (SSSR count). The molecule has 5 nitrogen and oxygen atoms in total. The van der Waals surface area contributed by atoms with Crippen LogP contribution in [0.5, 0.6) is 0 Å². The van der Waals surface area contributed by atoms with Crippen molar-refractivity contribution < 1.29 is 20.8 Å². The van der Waals surface area contributed by atoms with E-state index in [-0.39, 0.29) is 6.90 Å². The first-order valence-corrected chi connectivity index (χ1v) is 4.19. The van der Waals surface area contributed by atoms with Crippen LogP contribution in [0.1, 0.15) is 29.0 Å². The minimum absolute atomic E-state index is 0.0754. The highest BCUT2D eigenvalue weighted by Gasteiger charge is 2.26.